The van der Waals surface area contributed by atoms with Crippen LogP contribution in [0.15, 0.2) is 58.8 Å². The summed E-state index contributed by atoms with van der Waals surface area (Å²) in [6.07, 6.45) is 0. The summed E-state index contributed by atoms with van der Waals surface area (Å²) in [5.41, 5.74) is 2.99. The molecule has 0 bridgehead atoms. The van der Waals surface area contributed by atoms with E-state index in [0.717, 1.165) is 21.1 Å². The molecule has 8 nitrogen and oxygen atoms in total. The fourth-order valence-corrected chi connectivity index (χ4v) is 4.31. The van der Waals surface area contributed by atoms with Crippen LogP contribution in [0.2, 0.25) is 0 Å². The second kappa shape index (κ2) is 9.38. The summed E-state index contributed by atoms with van der Waals surface area (Å²) in [5.74, 6) is -0.985. The molecule has 2 aromatic carbocycles. The first kappa shape index (κ1) is 22.6. The smallest absolute Gasteiger partial charge is 0.251 e. The van der Waals surface area contributed by atoms with Gasteiger partial charge in [-0.1, -0.05) is 35.9 Å². The summed E-state index contributed by atoms with van der Waals surface area (Å²) in [6, 6.07) is 13.5. The fourth-order valence-electron chi connectivity index (χ4n) is 2.62. The number of hydrogen-bond donors (Lipinski definition) is 2. The molecule has 10 heteroatoms. The van der Waals surface area contributed by atoms with Crippen LogP contribution in [0.4, 0.5) is 5.13 Å². The zero-order valence-electron chi connectivity index (χ0n) is 17.2. The minimum atomic E-state index is -3.66. The van der Waals surface area contributed by atoms with Crippen molar-refractivity contribution < 1.29 is 18.0 Å². The molecule has 162 valence electrons. The maximum Gasteiger partial charge on any atom is 0.251 e. The van der Waals surface area contributed by atoms with Gasteiger partial charge in [0.1, 0.15) is 0 Å². The van der Waals surface area contributed by atoms with E-state index >= 15 is 0 Å². The molecule has 31 heavy (non-hydrogen) atoms. The van der Waals surface area contributed by atoms with Gasteiger partial charge in [0.2, 0.25) is 15.9 Å². The molecule has 0 unspecified atom stereocenters. The van der Waals surface area contributed by atoms with Crippen LogP contribution in [0.5, 0.6) is 0 Å². The van der Waals surface area contributed by atoms with Gasteiger partial charge in [0.15, 0.2) is 5.13 Å². The Labute approximate surface area is 185 Å². The van der Waals surface area contributed by atoms with E-state index in [1.807, 2.05) is 36.6 Å². The van der Waals surface area contributed by atoms with Crippen molar-refractivity contribution in [3.05, 3.63) is 65.0 Å². The number of benzene rings is 2. The van der Waals surface area contributed by atoms with E-state index in [2.05, 4.69) is 15.6 Å². The van der Waals surface area contributed by atoms with E-state index in [1.54, 1.807) is 0 Å². The van der Waals surface area contributed by atoms with Gasteiger partial charge in [-0.25, -0.2) is 17.7 Å². The van der Waals surface area contributed by atoms with Crippen molar-refractivity contribution in [3.8, 4) is 11.3 Å². The Kier molecular flexibility index (Phi) is 6.84. The maximum atomic E-state index is 12.4. The lowest BCUT2D eigenvalue weighted by Crippen LogP contribution is -2.33. The second-order valence-corrected chi connectivity index (χ2v) is 9.96. The molecular formula is C21H22N4O4S2. The van der Waals surface area contributed by atoms with Crippen LogP contribution in [-0.2, 0) is 14.8 Å². The number of anilines is 1. The van der Waals surface area contributed by atoms with Crippen molar-refractivity contribution in [1.29, 1.82) is 0 Å². The largest absolute Gasteiger partial charge is 0.343 e. The average molecular weight is 459 g/mol. The molecule has 0 saturated carbocycles. The first-order chi connectivity index (χ1) is 14.7. The third-order valence-electron chi connectivity index (χ3n) is 4.38. The predicted molar refractivity (Wildman–Crippen MR) is 121 cm³/mol. The van der Waals surface area contributed by atoms with Gasteiger partial charge in [-0.15, -0.1) is 11.3 Å². The van der Waals surface area contributed by atoms with Gasteiger partial charge in [0.25, 0.3) is 5.91 Å². The number of thiazole rings is 1. The minimum Gasteiger partial charge on any atom is -0.343 e. The Morgan fingerprint density at radius 1 is 1.10 bits per heavy atom. The third-order valence-corrected chi connectivity index (χ3v) is 6.95. The molecule has 0 aliphatic carbocycles. The minimum absolute atomic E-state index is 0.000946. The molecule has 3 aromatic rings. The monoisotopic (exact) mass is 458 g/mol. The number of hydrogen-bond acceptors (Lipinski definition) is 6. The van der Waals surface area contributed by atoms with Crippen LogP contribution < -0.4 is 10.6 Å². The first-order valence-electron chi connectivity index (χ1n) is 9.30. The van der Waals surface area contributed by atoms with E-state index in [9.17, 15) is 18.0 Å². The zero-order valence-corrected chi connectivity index (χ0v) is 18.9. The molecule has 1 aromatic heterocycles. The SMILES string of the molecule is Cc1ccc(-c2csc(NC(=O)CNC(=O)c3cccc(S(=O)(=O)N(C)C)c3)n2)cc1. The molecule has 1 heterocycles. The predicted octanol–water partition coefficient (Wildman–Crippen LogP) is 2.74. The normalized spacial score (nSPS) is 11.4. The summed E-state index contributed by atoms with van der Waals surface area (Å²) in [5, 5.41) is 7.41. The van der Waals surface area contributed by atoms with E-state index in [1.165, 1.54) is 49.7 Å². The van der Waals surface area contributed by atoms with Crippen LogP contribution in [0, 0.1) is 6.92 Å². The van der Waals surface area contributed by atoms with Gasteiger partial charge in [-0.05, 0) is 25.1 Å². The Morgan fingerprint density at radius 2 is 1.81 bits per heavy atom. The van der Waals surface area contributed by atoms with Gasteiger partial charge >= 0.3 is 0 Å². The highest BCUT2D eigenvalue weighted by atomic mass is 32.2. The summed E-state index contributed by atoms with van der Waals surface area (Å²) in [7, 11) is -0.837. The summed E-state index contributed by atoms with van der Waals surface area (Å²) >= 11 is 1.29. The fraction of sp³-hybridized carbons (Fsp3) is 0.190. The number of carbonyl (C=O) groups excluding carboxylic acids is 2. The Balaban J connectivity index is 1.59. The van der Waals surface area contributed by atoms with Crippen molar-refractivity contribution in [1.82, 2.24) is 14.6 Å². The molecule has 0 saturated heterocycles. The zero-order chi connectivity index (χ0) is 22.6. The standard InChI is InChI=1S/C21H22N4O4S2/c1-14-7-9-15(10-8-14)18-13-30-21(23-18)24-19(26)12-22-20(27)16-5-4-6-17(11-16)31(28,29)25(2)3/h4-11,13H,12H2,1-3H3,(H,22,27)(H,23,24,26). The van der Waals surface area contributed by atoms with E-state index in [0.29, 0.717) is 5.13 Å². The highest BCUT2D eigenvalue weighted by Gasteiger charge is 2.19. The lowest BCUT2D eigenvalue weighted by atomic mass is 10.1. The van der Waals surface area contributed by atoms with Gasteiger partial charge in [-0.3, -0.25) is 9.59 Å². The maximum absolute atomic E-state index is 12.4. The number of rotatable bonds is 7. The Bertz CT molecular complexity index is 1200. The van der Waals surface area contributed by atoms with Gasteiger partial charge in [-0.2, -0.15) is 0 Å². The van der Waals surface area contributed by atoms with Crippen LogP contribution >= 0.6 is 11.3 Å². The lowest BCUT2D eigenvalue weighted by molar-refractivity contribution is -0.115. The lowest BCUT2D eigenvalue weighted by Gasteiger charge is -2.12. The summed E-state index contributed by atoms with van der Waals surface area (Å²) in [6.45, 7) is 1.73. The van der Waals surface area contributed by atoms with E-state index in [-0.39, 0.29) is 17.0 Å². The number of nitrogens with zero attached hydrogens (tertiary/aromatic N) is 2. The first-order valence-corrected chi connectivity index (χ1v) is 11.6. The molecule has 0 aliphatic rings. The third kappa shape index (κ3) is 5.54. The van der Waals surface area contributed by atoms with Crippen LogP contribution in [0.3, 0.4) is 0 Å². The summed E-state index contributed by atoms with van der Waals surface area (Å²) < 4.78 is 25.5. The highest BCUT2D eigenvalue weighted by Crippen LogP contribution is 2.25. The average Bonchev–Trinajstić information content (AvgIpc) is 3.20. The highest BCUT2D eigenvalue weighted by molar-refractivity contribution is 7.89. The Hall–Kier alpha value is -3.08. The molecule has 0 atom stereocenters. The number of nitrogens with one attached hydrogen (secondary N) is 2. The topological polar surface area (TPSA) is 108 Å². The molecule has 0 aliphatic heterocycles. The number of aryl methyl sites for hydroxylation is 1. The Morgan fingerprint density at radius 3 is 2.48 bits per heavy atom. The molecule has 0 spiro atoms. The van der Waals surface area contributed by atoms with Crippen molar-refractivity contribution in [3.63, 3.8) is 0 Å². The van der Waals surface area contributed by atoms with Gasteiger partial charge in [0, 0.05) is 30.6 Å². The second-order valence-electron chi connectivity index (χ2n) is 6.95. The van der Waals surface area contributed by atoms with Crippen LogP contribution in [-0.4, -0.2) is 50.2 Å². The van der Waals surface area contributed by atoms with Gasteiger partial charge < -0.3 is 10.6 Å². The van der Waals surface area contributed by atoms with E-state index in [4.69, 9.17) is 0 Å². The molecule has 0 fully saturated rings. The van der Waals surface area contributed by atoms with Crippen molar-refractivity contribution in [2.75, 3.05) is 26.0 Å². The number of sulfonamides is 1. The van der Waals surface area contributed by atoms with E-state index < -0.39 is 21.8 Å². The molecule has 0 radical (unpaired) electrons. The van der Waals surface area contributed by atoms with Crippen LogP contribution in [0.1, 0.15) is 15.9 Å². The van der Waals surface area contributed by atoms with Crippen molar-refractivity contribution in [2.45, 2.75) is 11.8 Å². The molecule has 3 rings (SSSR count). The van der Waals surface area contributed by atoms with Crippen molar-refractivity contribution in [2.24, 2.45) is 0 Å². The van der Waals surface area contributed by atoms with Crippen molar-refractivity contribution >= 4 is 38.3 Å². The molecule has 2 N–H and O–H groups in total. The molecular weight excluding hydrogens is 436 g/mol. The number of amides is 2. The quantitative estimate of drug-likeness (QED) is 0.566. The van der Waals surface area contributed by atoms with Crippen LogP contribution in [0.25, 0.3) is 11.3 Å². The number of carbonyl (C=O) groups is 2. The summed E-state index contributed by atoms with van der Waals surface area (Å²) in [4.78, 5) is 28.9. The number of aromatic nitrogens is 1. The molecule has 2 amide bonds. The van der Waals surface area contributed by atoms with Gasteiger partial charge in [0.05, 0.1) is 17.1 Å².